The average Bonchev–Trinajstić information content (AvgIpc) is 2.92. The maximum atomic E-state index is 12.3. The maximum Gasteiger partial charge on any atom is 0.263 e. The van der Waals surface area contributed by atoms with E-state index < -0.39 is 22.4 Å². The molecule has 0 radical (unpaired) electrons. The average molecular weight is 332 g/mol. The maximum absolute atomic E-state index is 12.3. The summed E-state index contributed by atoms with van der Waals surface area (Å²) >= 11 is 6.99. The normalized spacial score (nSPS) is 21.7. The van der Waals surface area contributed by atoms with Crippen LogP contribution in [0.25, 0.3) is 0 Å². The van der Waals surface area contributed by atoms with Gasteiger partial charge in [0.05, 0.1) is 4.88 Å². The zero-order valence-corrected chi connectivity index (χ0v) is 12.4. The lowest BCUT2D eigenvalue weighted by Crippen LogP contribution is -2.13. The standard InChI is InChI=1S/C12H10ClNO4S2/c13-7-1-3-8(4-2-7)14-20(16,17)9-5-6-19-11(9)10-12(15)18-10/h1-6,10,12,14-15H/t10?,12-/m1/s1. The molecule has 1 aromatic carbocycles. The lowest BCUT2D eigenvalue weighted by molar-refractivity contribution is 0.156. The molecule has 1 aromatic heterocycles. The molecule has 8 heteroatoms. The first kappa shape index (κ1) is 13.8. The zero-order valence-electron chi connectivity index (χ0n) is 9.99. The molecule has 2 heterocycles. The van der Waals surface area contributed by atoms with Gasteiger partial charge in [0.25, 0.3) is 10.0 Å². The molecule has 1 aliphatic heterocycles. The molecule has 2 atom stereocenters. The van der Waals surface area contributed by atoms with Gasteiger partial charge in [0.2, 0.25) is 0 Å². The first-order valence-electron chi connectivity index (χ1n) is 5.67. The molecule has 1 saturated heterocycles. The molecule has 0 amide bonds. The summed E-state index contributed by atoms with van der Waals surface area (Å²) in [5.74, 6) is 0. The number of rotatable bonds is 4. The van der Waals surface area contributed by atoms with Crippen LogP contribution in [-0.2, 0) is 14.8 Å². The molecular weight excluding hydrogens is 322 g/mol. The fourth-order valence-corrected chi connectivity index (χ4v) is 4.47. The van der Waals surface area contributed by atoms with Crippen LogP contribution in [0.15, 0.2) is 40.6 Å². The van der Waals surface area contributed by atoms with Crippen LogP contribution in [0.1, 0.15) is 11.0 Å². The molecule has 1 aliphatic rings. The van der Waals surface area contributed by atoms with Crippen LogP contribution in [0.2, 0.25) is 5.02 Å². The number of hydrogen-bond acceptors (Lipinski definition) is 5. The first-order chi connectivity index (χ1) is 9.47. The van der Waals surface area contributed by atoms with Crippen molar-refractivity contribution < 1.29 is 18.3 Å². The smallest absolute Gasteiger partial charge is 0.263 e. The van der Waals surface area contributed by atoms with E-state index in [4.69, 9.17) is 16.3 Å². The Labute approximate surface area is 124 Å². The van der Waals surface area contributed by atoms with Crippen LogP contribution in [0.4, 0.5) is 5.69 Å². The molecule has 1 fully saturated rings. The Hall–Kier alpha value is -1.12. The van der Waals surface area contributed by atoms with E-state index in [2.05, 4.69) is 4.72 Å². The summed E-state index contributed by atoms with van der Waals surface area (Å²) in [5.41, 5.74) is 0.420. The van der Waals surface area contributed by atoms with Crippen LogP contribution in [-0.4, -0.2) is 19.8 Å². The molecule has 0 spiro atoms. The summed E-state index contributed by atoms with van der Waals surface area (Å²) in [4.78, 5) is 0.623. The number of anilines is 1. The fraction of sp³-hybridized carbons (Fsp3) is 0.167. The summed E-state index contributed by atoms with van der Waals surface area (Å²) in [6.07, 6.45) is -1.47. The second-order valence-corrected chi connectivity index (χ2v) is 7.24. The molecule has 3 rings (SSSR count). The minimum Gasteiger partial charge on any atom is -0.365 e. The van der Waals surface area contributed by atoms with Crippen molar-refractivity contribution in [1.29, 1.82) is 0 Å². The quantitative estimate of drug-likeness (QED) is 0.844. The number of aliphatic hydroxyl groups excluding tert-OH is 1. The van der Waals surface area contributed by atoms with E-state index in [1.165, 1.54) is 17.4 Å². The lowest BCUT2D eigenvalue weighted by atomic mass is 10.3. The molecule has 0 aliphatic carbocycles. The topological polar surface area (TPSA) is 78.9 Å². The van der Waals surface area contributed by atoms with Crippen molar-refractivity contribution in [3.8, 4) is 0 Å². The molecule has 5 nitrogen and oxygen atoms in total. The highest BCUT2D eigenvalue weighted by molar-refractivity contribution is 7.93. The lowest BCUT2D eigenvalue weighted by Gasteiger charge is -2.08. The molecule has 2 aromatic rings. The number of hydrogen-bond donors (Lipinski definition) is 2. The Morgan fingerprint density at radius 1 is 1.25 bits per heavy atom. The van der Waals surface area contributed by atoms with Crippen LogP contribution >= 0.6 is 22.9 Å². The van der Waals surface area contributed by atoms with E-state index in [0.717, 1.165) is 0 Å². The van der Waals surface area contributed by atoms with Gasteiger partial charge in [-0.05, 0) is 35.7 Å². The third-order valence-corrected chi connectivity index (χ3v) is 5.57. The Balaban J connectivity index is 1.89. The SMILES string of the molecule is O=S(=O)(Nc1ccc(Cl)cc1)c1ccsc1C1O[C@H]1O. The van der Waals surface area contributed by atoms with Crippen LogP contribution in [0.5, 0.6) is 0 Å². The van der Waals surface area contributed by atoms with Crippen molar-refractivity contribution >= 4 is 38.6 Å². The van der Waals surface area contributed by atoms with Gasteiger partial charge in [-0.15, -0.1) is 11.3 Å². The van der Waals surface area contributed by atoms with Gasteiger partial charge in [-0.2, -0.15) is 0 Å². The summed E-state index contributed by atoms with van der Waals surface area (Å²) < 4.78 is 32.1. The van der Waals surface area contributed by atoms with E-state index >= 15 is 0 Å². The van der Waals surface area contributed by atoms with Crippen LogP contribution < -0.4 is 4.72 Å². The Kier molecular flexibility index (Phi) is 3.47. The zero-order chi connectivity index (χ0) is 14.3. The number of thiophene rings is 1. The van der Waals surface area contributed by atoms with Gasteiger partial charge in [0.15, 0.2) is 6.29 Å². The minimum absolute atomic E-state index is 0.124. The molecule has 2 N–H and O–H groups in total. The number of epoxide rings is 1. The van der Waals surface area contributed by atoms with Crippen molar-refractivity contribution in [1.82, 2.24) is 0 Å². The number of aliphatic hydroxyl groups is 1. The second kappa shape index (κ2) is 5.01. The predicted octanol–water partition coefficient (Wildman–Crippen LogP) is 2.59. The third kappa shape index (κ3) is 2.68. The van der Waals surface area contributed by atoms with Gasteiger partial charge in [-0.25, -0.2) is 8.42 Å². The number of ether oxygens (including phenoxy) is 1. The number of benzene rings is 1. The highest BCUT2D eigenvalue weighted by atomic mass is 35.5. The van der Waals surface area contributed by atoms with Crippen LogP contribution in [0.3, 0.4) is 0 Å². The van der Waals surface area contributed by atoms with Crippen LogP contribution in [0, 0.1) is 0 Å². The second-order valence-electron chi connectivity index (χ2n) is 4.21. The molecule has 1 unspecified atom stereocenters. The van der Waals surface area contributed by atoms with E-state index in [-0.39, 0.29) is 4.90 Å². The number of halogens is 1. The monoisotopic (exact) mass is 331 g/mol. The van der Waals surface area contributed by atoms with Crippen molar-refractivity contribution in [2.45, 2.75) is 17.3 Å². The summed E-state index contributed by atoms with van der Waals surface area (Å²) in [5, 5.41) is 11.4. The van der Waals surface area contributed by atoms with Crippen molar-refractivity contribution in [2.75, 3.05) is 4.72 Å². The predicted molar refractivity (Wildman–Crippen MR) is 76.4 cm³/mol. The van der Waals surface area contributed by atoms with Crippen molar-refractivity contribution in [2.24, 2.45) is 0 Å². The van der Waals surface area contributed by atoms with E-state index in [0.29, 0.717) is 15.6 Å². The summed E-state index contributed by atoms with van der Waals surface area (Å²) in [7, 11) is -3.72. The van der Waals surface area contributed by atoms with Gasteiger partial charge in [-0.1, -0.05) is 11.6 Å². The highest BCUT2D eigenvalue weighted by Crippen LogP contribution is 2.43. The summed E-state index contributed by atoms with van der Waals surface area (Å²) in [6.45, 7) is 0. The van der Waals surface area contributed by atoms with Gasteiger partial charge in [0.1, 0.15) is 11.0 Å². The van der Waals surface area contributed by atoms with Gasteiger partial charge < -0.3 is 9.84 Å². The summed E-state index contributed by atoms with van der Waals surface area (Å²) in [6, 6.07) is 7.85. The Morgan fingerprint density at radius 3 is 2.50 bits per heavy atom. The van der Waals surface area contributed by atoms with Crippen molar-refractivity contribution in [3.05, 3.63) is 45.6 Å². The van der Waals surface area contributed by atoms with Crippen molar-refractivity contribution in [3.63, 3.8) is 0 Å². The molecule has 20 heavy (non-hydrogen) atoms. The van der Waals surface area contributed by atoms with Gasteiger partial charge in [-0.3, -0.25) is 4.72 Å². The van der Waals surface area contributed by atoms with E-state index in [1.807, 2.05) is 0 Å². The Bertz CT molecular complexity index is 726. The number of nitrogens with one attached hydrogen (secondary N) is 1. The number of sulfonamides is 1. The fourth-order valence-electron chi connectivity index (χ4n) is 1.76. The van der Waals surface area contributed by atoms with Gasteiger partial charge in [0, 0.05) is 10.7 Å². The van der Waals surface area contributed by atoms with E-state index in [1.54, 1.807) is 29.6 Å². The highest BCUT2D eigenvalue weighted by Gasteiger charge is 2.42. The largest absolute Gasteiger partial charge is 0.365 e. The third-order valence-electron chi connectivity index (χ3n) is 2.77. The first-order valence-corrected chi connectivity index (χ1v) is 8.41. The van der Waals surface area contributed by atoms with Gasteiger partial charge >= 0.3 is 0 Å². The van der Waals surface area contributed by atoms with E-state index in [9.17, 15) is 13.5 Å². The molecule has 106 valence electrons. The minimum atomic E-state index is -3.72. The molecular formula is C12H10ClNO4S2. The molecule has 0 saturated carbocycles. The molecule has 0 bridgehead atoms. The Morgan fingerprint density at radius 2 is 1.90 bits per heavy atom.